The van der Waals surface area contributed by atoms with Crippen LogP contribution >= 0.6 is 0 Å². The van der Waals surface area contributed by atoms with Gasteiger partial charge >= 0.3 is 0 Å². The number of nitrogens with one attached hydrogen (secondary N) is 1. The van der Waals surface area contributed by atoms with Crippen molar-refractivity contribution in [1.29, 1.82) is 0 Å². The Hall–Kier alpha value is -0.650. The molecule has 0 spiro atoms. The largest absolute Gasteiger partial charge is 0.390 e. The van der Waals surface area contributed by atoms with Crippen LogP contribution in [-0.4, -0.2) is 57.4 Å². The fraction of sp³-hybridized carbons (Fsp3) is 0.955. The molecule has 3 fully saturated rings. The molecule has 1 heterocycles. The summed E-state index contributed by atoms with van der Waals surface area (Å²) in [7, 11) is 0. The third kappa shape index (κ3) is 4.35. The van der Waals surface area contributed by atoms with Crippen molar-refractivity contribution in [3.05, 3.63) is 0 Å². The third-order valence-corrected chi connectivity index (χ3v) is 7.98. The van der Waals surface area contributed by atoms with E-state index >= 15 is 0 Å². The molecule has 5 heteroatoms. The van der Waals surface area contributed by atoms with Crippen molar-refractivity contribution in [3.63, 3.8) is 0 Å². The third-order valence-electron chi connectivity index (χ3n) is 7.98. The van der Waals surface area contributed by atoms with E-state index in [-0.39, 0.29) is 23.4 Å². The second kappa shape index (κ2) is 8.00. The second-order valence-corrected chi connectivity index (χ2v) is 10.1. The number of hydrogen-bond donors (Lipinski definition) is 3. The lowest BCUT2D eigenvalue weighted by Crippen LogP contribution is -2.54. The molecule has 27 heavy (non-hydrogen) atoms. The Morgan fingerprint density at radius 1 is 1.04 bits per heavy atom. The lowest BCUT2D eigenvalue weighted by Gasteiger charge is -2.45. The summed E-state index contributed by atoms with van der Waals surface area (Å²) in [6, 6.07) is 0.446. The van der Waals surface area contributed by atoms with Crippen LogP contribution in [0.5, 0.6) is 0 Å². The second-order valence-electron chi connectivity index (χ2n) is 10.1. The maximum absolute atomic E-state index is 11.6. The van der Waals surface area contributed by atoms with Gasteiger partial charge < -0.3 is 15.5 Å². The maximum Gasteiger partial charge on any atom is 0.216 e. The van der Waals surface area contributed by atoms with Gasteiger partial charge in [0.05, 0.1) is 11.2 Å². The van der Waals surface area contributed by atoms with Crippen LogP contribution in [0.15, 0.2) is 0 Å². The van der Waals surface area contributed by atoms with Gasteiger partial charge in [0.25, 0.3) is 0 Å². The van der Waals surface area contributed by atoms with Crippen molar-refractivity contribution in [1.82, 2.24) is 10.2 Å². The molecule has 3 aliphatic rings. The van der Waals surface area contributed by atoms with Gasteiger partial charge in [0.1, 0.15) is 0 Å². The minimum Gasteiger partial charge on any atom is -0.390 e. The minimum absolute atomic E-state index is 0.00728. The van der Waals surface area contributed by atoms with Gasteiger partial charge in [0.15, 0.2) is 0 Å². The molecule has 1 aliphatic heterocycles. The molecular weight excluding hydrogens is 340 g/mol. The summed E-state index contributed by atoms with van der Waals surface area (Å²) in [5, 5.41) is 25.7. The van der Waals surface area contributed by atoms with E-state index in [1.165, 1.54) is 12.8 Å². The fourth-order valence-corrected chi connectivity index (χ4v) is 6.09. The molecule has 3 N–H and O–H groups in total. The number of amides is 1. The Morgan fingerprint density at radius 3 is 2.30 bits per heavy atom. The van der Waals surface area contributed by atoms with Crippen molar-refractivity contribution >= 4 is 5.91 Å². The van der Waals surface area contributed by atoms with Gasteiger partial charge in [-0.25, -0.2) is 0 Å². The summed E-state index contributed by atoms with van der Waals surface area (Å²) in [6.45, 7) is 7.08. The number of fused-ring (bicyclic) bond motifs is 1. The number of nitrogens with zero attached hydrogens (tertiary/aromatic N) is 1. The van der Waals surface area contributed by atoms with Crippen molar-refractivity contribution in [2.45, 2.75) is 115 Å². The molecule has 2 saturated carbocycles. The number of β-amino-alcohol motifs (C(OH)–C–C–N with tert-alkyl or cyclic N) is 1. The van der Waals surface area contributed by atoms with Gasteiger partial charge in [-0.3, -0.25) is 9.69 Å². The van der Waals surface area contributed by atoms with Gasteiger partial charge in [0.2, 0.25) is 5.91 Å². The van der Waals surface area contributed by atoms with Gasteiger partial charge in [-0.2, -0.15) is 0 Å². The van der Waals surface area contributed by atoms with E-state index in [0.717, 1.165) is 57.8 Å². The first kappa shape index (κ1) is 21.1. The molecule has 156 valence electrons. The molecule has 0 aromatic rings. The molecular formula is C22H40N2O3. The fourth-order valence-electron chi connectivity index (χ4n) is 6.09. The van der Waals surface area contributed by atoms with Crippen LogP contribution < -0.4 is 5.32 Å². The van der Waals surface area contributed by atoms with E-state index in [9.17, 15) is 15.0 Å². The topological polar surface area (TPSA) is 72.8 Å². The Bertz CT molecular complexity index is 528. The van der Waals surface area contributed by atoms with E-state index in [1.807, 2.05) is 6.92 Å². The molecule has 4 atom stereocenters. The van der Waals surface area contributed by atoms with Gasteiger partial charge in [-0.15, -0.1) is 0 Å². The average molecular weight is 381 g/mol. The van der Waals surface area contributed by atoms with E-state index in [4.69, 9.17) is 0 Å². The van der Waals surface area contributed by atoms with Crippen molar-refractivity contribution < 1.29 is 15.0 Å². The predicted molar refractivity (Wildman–Crippen MR) is 107 cm³/mol. The van der Waals surface area contributed by atoms with Crippen molar-refractivity contribution in [2.75, 3.05) is 13.1 Å². The molecule has 5 nitrogen and oxygen atoms in total. The molecule has 0 aromatic carbocycles. The molecule has 1 amide bonds. The monoisotopic (exact) mass is 380 g/mol. The molecule has 2 aliphatic carbocycles. The zero-order chi connectivity index (χ0) is 19.7. The SMILES string of the molecule is CC(=O)NC[C@H]1C[C@]2(C)[C@@H](CCCC[C@]2(C)O)N1CC1(O)CCCCCC1. The predicted octanol–water partition coefficient (Wildman–Crippen LogP) is 2.98. The molecule has 1 saturated heterocycles. The van der Waals surface area contributed by atoms with Crippen LogP contribution in [0.3, 0.4) is 0 Å². The molecule has 0 radical (unpaired) electrons. The summed E-state index contributed by atoms with van der Waals surface area (Å²) < 4.78 is 0. The number of carbonyl (C=O) groups is 1. The van der Waals surface area contributed by atoms with Crippen LogP contribution in [0.25, 0.3) is 0 Å². The van der Waals surface area contributed by atoms with Crippen LogP contribution in [0.2, 0.25) is 0 Å². The lowest BCUT2D eigenvalue weighted by molar-refractivity contribution is -0.119. The Labute approximate surface area is 164 Å². The Kier molecular flexibility index (Phi) is 6.24. The van der Waals surface area contributed by atoms with Crippen LogP contribution in [0.1, 0.15) is 91.4 Å². The van der Waals surface area contributed by atoms with Crippen molar-refractivity contribution in [3.8, 4) is 0 Å². The van der Waals surface area contributed by atoms with E-state index in [1.54, 1.807) is 6.92 Å². The summed E-state index contributed by atoms with van der Waals surface area (Å²) >= 11 is 0. The van der Waals surface area contributed by atoms with Gasteiger partial charge in [-0.05, 0) is 39.0 Å². The minimum atomic E-state index is -0.705. The first-order valence-electron chi connectivity index (χ1n) is 11.1. The summed E-state index contributed by atoms with van der Waals surface area (Å²) in [4.78, 5) is 14.0. The zero-order valence-corrected chi connectivity index (χ0v) is 17.6. The van der Waals surface area contributed by atoms with Crippen molar-refractivity contribution in [2.24, 2.45) is 5.41 Å². The van der Waals surface area contributed by atoms with E-state index < -0.39 is 11.2 Å². The molecule has 0 aromatic heterocycles. The summed E-state index contributed by atoms with van der Waals surface area (Å²) in [5.74, 6) is -0.00728. The number of hydrogen-bond acceptors (Lipinski definition) is 4. The summed E-state index contributed by atoms with van der Waals surface area (Å²) in [5.41, 5.74) is -1.54. The lowest BCUT2D eigenvalue weighted by atomic mass is 9.67. The van der Waals surface area contributed by atoms with Crippen LogP contribution in [0, 0.1) is 5.41 Å². The first-order chi connectivity index (χ1) is 12.7. The highest BCUT2D eigenvalue weighted by Gasteiger charge is 2.58. The first-order valence-corrected chi connectivity index (χ1v) is 11.1. The van der Waals surface area contributed by atoms with E-state index in [0.29, 0.717) is 13.1 Å². The van der Waals surface area contributed by atoms with Gasteiger partial charge in [-0.1, -0.05) is 45.4 Å². The highest BCUT2D eigenvalue weighted by Crippen LogP contribution is 2.53. The van der Waals surface area contributed by atoms with Crippen LogP contribution in [-0.2, 0) is 4.79 Å². The molecule has 0 bridgehead atoms. The smallest absolute Gasteiger partial charge is 0.216 e. The highest BCUT2D eigenvalue weighted by atomic mass is 16.3. The number of rotatable bonds is 4. The van der Waals surface area contributed by atoms with Crippen LogP contribution in [0.4, 0.5) is 0 Å². The Morgan fingerprint density at radius 2 is 1.67 bits per heavy atom. The molecule has 0 unspecified atom stereocenters. The quantitative estimate of drug-likeness (QED) is 0.656. The van der Waals surface area contributed by atoms with Gasteiger partial charge in [0, 0.05) is 37.5 Å². The van der Waals surface area contributed by atoms with E-state index in [2.05, 4.69) is 17.1 Å². The average Bonchev–Trinajstić information content (AvgIpc) is 2.70. The summed E-state index contributed by atoms with van der Waals surface area (Å²) in [6.07, 6.45) is 11.3. The Balaban J connectivity index is 1.86. The molecule has 3 rings (SSSR count). The highest BCUT2D eigenvalue weighted by molar-refractivity contribution is 5.72. The standard InChI is InChI=1S/C22H40N2O3/c1-17(25)23-15-18-14-20(2)19(10-6-9-11-21(20,3)26)24(18)16-22(27)12-7-4-5-8-13-22/h18-19,26-27H,4-16H2,1-3H3,(H,23,25)/t18-,19-,20-,21+/m1/s1. The number of aliphatic hydroxyl groups is 2. The number of likely N-dealkylation sites (tertiary alicyclic amines) is 1. The normalized spacial score (nSPS) is 40.0. The maximum atomic E-state index is 11.6. The number of carbonyl (C=O) groups excluding carboxylic acids is 1. The zero-order valence-electron chi connectivity index (χ0n) is 17.6.